The Morgan fingerprint density at radius 1 is 1.12 bits per heavy atom. The monoisotopic (exact) mass is 361 g/mol. The van der Waals surface area contributed by atoms with Crippen molar-refractivity contribution in [3.8, 4) is 0 Å². The number of nitrogens with zero attached hydrogens (tertiary/aromatic N) is 3. The fraction of sp³-hybridized carbons (Fsp3) is 0.474. The maximum Gasteiger partial charge on any atom is 0.410 e. The molecule has 7 heteroatoms. The van der Waals surface area contributed by atoms with Crippen molar-refractivity contribution in [3.63, 3.8) is 0 Å². The molecule has 0 saturated carbocycles. The number of fused-ring (bicyclic) bond motifs is 1. The molecule has 6 nitrogen and oxygen atoms in total. The molecule has 0 spiro atoms. The molecule has 1 aliphatic heterocycles. The molecule has 0 unspecified atom stereocenters. The SMILES string of the molecule is Cn1c(=O)cc(N2CCN(C(=O)OC(C)(C)C)CC2)c2cc(F)ccc21. The van der Waals surface area contributed by atoms with Crippen LogP contribution in [0.1, 0.15) is 20.8 Å². The Balaban J connectivity index is 1.84. The Bertz CT molecular complexity index is 893. The number of anilines is 1. The van der Waals surface area contributed by atoms with Gasteiger partial charge in [0.05, 0.1) is 11.2 Å². The number of hydrogen-bond donors (Lipinski definition) is 0. The Morgan fingerprint density at radius 2 is 1.77 bits per heavy atom. The van der Waals surface area contributed by atoms with Crippen LogP contribution in [0.2, 0.25) is 0 Å². The number of halogens is 1. The Labute approximate surface area is 151 Å². The molecule has 0 atom stereocenters. The van der Waals surface area contributed by atoms with Crippen molar-refractivity contribution in [1.82, 2.24) is 9.47 Å². The zero-order valence-corrected chi connectivity index (χ0v) is 15.6. The minimum atomic E-state index is -0.534. The maximum absolute atomic E-state index is 13.8. The number of aryl methyl sites for hydroxylation is 1. The highest BCUT2D eigenvalue weighted by molar-refractivity contribution is 5.92. The van der Waals surface area contributed by atoms with Crippen molar-refractivity contribution in [1.29, 1.82) is 0 Å². The molecule has 140 valence electrons. The van der Waals surface area contributed by atoms with Gasteiger partial charge >= 0.3 is 6.09 Å². The van der Waals surface area contributed by atoms with E-state index in [-0.39, 0.29) is 17.5 Å². The molecular formula is C19H24FN3O3. The van der Waals surface area contributed by atoms with Gasteiger partial charge in [-0.1, -0.05) is 0 Å². The molecule has 0 bridgehead atoms. The van der Waals surface area contributed by atoms with Gasteiger partial charge in [-0.3, -0.25) is 4.79 Å². The van der Waals surface area contributed by atoms with Crippen molar-refractivity contribution >= 4 is 22.7 Å². The summed E-state index contributed by atoms with van der Waals surface area (Å²) in [5, 5.41) is 0.692. The van der Waals surface area contributed by atoms with Crippen molar-refractivity contribution in [3.05, 3.63) is 40.4 Å². The Kier molecular flexibility index (Phi) is 4.64. The van der Waals surface area contributed by atoms with Crippen molar-refractivity contribution in [2.75, 3.05) is 31.1 Å². The molecule has 1 aromatic carbocycles. The zero-order valence-electron chi connectivity index (χ0n) is 15.6. The molecule has 2 heterocycles. The van der Waals surface area contributed by atoms with Crippen molar-refractivity contribution in [2.24, 2.45) is 7.05 Å². The van der Waals surface area contributed by atoms with Gasteiger partial charge < -0.3 is 19.1 Å². The number of benzene rings is 1. The molecule has 1 aliphatic rings. The highest BCUT2D eigenvalue weighted by Crippen LogP contribution is 2.27. The average Bonchev–Trinajstić information content (AvgIpc) is 2.56. The minimum absolute atomic E-state index is 0.145. The summed E-state index contributed by atoms with van der Waals surface area (Å²) < 4.78 is 20.7. The summed E-state index contributed by atoms with van der Waals surface area (Å²) in [6, 6.07) is 5.95. The lowest BCUT2D eigenvalue weighted by Gasteiger charge is -2.37. The highest BCUT2D eigenvalue weighted by atomic mass is 19.1. The van der Waals surface area contributed by atoms with Crippen LogP contribution >= 0.6 is 0 Å². The first kappa shape index (κ1) is 18.2. The summed E-state index contributed by atoms with van der Waals surface area (Å²) >= 11 is 0. The van der Waals surface area contributed by atoms with E-state index in [1.807, 2.05) is 25.7 Å². The van der Waals surface area contributed by atoms with Gasteiger partial charge in [0.1, 0.15) is 11.4 Å². The first-order valence-electron chi connectivity index (χ1n) is 8.68. The highest BCUT2D eigenvalue weighted by Gasteiger charge is 2.26. The largest absolute Gasteiger partial charge is 0.444 e. The van der Waals surface area contributed by atoms with E-state index >= 15 is 0 Å². The second-order valence-electron chi connectivity index (χ2n) is 7.54. The van der Waals surface area contributed by atoms with Gasteiger partial charge in [0.15, 0.2) is 0 Å². The molecule has 0 N–H and O–H groups in total. The third-order valence-electron chi connectivity index (χ3n) is 4.46. The lowest BCUT2D eigenvalue weighted by Crippen LogP contribution is -2.50. The minimum Gasteiger partial charge on any atom is -0.444 e. The number of ether oxygens (including phenoxy) is 1. The molecule has 1 aromatic heterocycles. The van der Waals surface area contributed by atoms with Crippen molar-refractivity contribution < 1.29 is 13.9 Å². The van der Waals surface area contributed by atoms with Crippen LogP contribution < -0.4 is 10.5 Å². The van der Waals surface area contributed by atoms with Gasteiger partial charge in [0.2, 0.25) is 0 Å². The van der Waals surface area contributed by atoms with E-state index in [0.29, 0.717) is 42.8 Å². The molecule has 2 aromatic rings. The predicted molar refractivity (Wildman–Crippen MR) is 99.2 cm³/mol. The van der Waals surface area contributed by atoms with E-state index in [1.165, 1.54) is 22.8 Å². The first-order valence-corrected chi connectivity index (χ1v) is 8.68. The first-order chi connectivity index (χ1) is 12.2. The van der Waals surface area contributed by atoms with Crippen LogP contribution in [0.3, 0.4) is 0 Å². The summed E-state index contributed by atoms with van der Waals surface area (Å²) in [6.07, 6.45) is -0.336. The van der Waals surface area contributed by atoms with Crippen LogP contribution in [0.5, 0.6) is 0 Å². The summed E-state index contributed by atoms with van der Waals surface area (Å²) in [7, 11) is 1.67. The van der Waals surface area contributed by atoms with Gasteiger partial charge in [-0.25, -0.2) is 9.18 Å². The summed E-state index contributed by atoms with van der Waals surface area (Å²) in [4.78, 5) is 28.1. The summed E-state index contributed by atoms with van der Waals surface area (Å²) in [6.45, 7) is 7.59. The molecule has 1 amide bonds. The van der Waals surface area contributed by atoms with Crippen LogP contribution in [-0.2, 0) is 11.8 Å². The zero-order chi connectivity index (χ0) is 19.1. The Hall–Kier alpha value is -2.57. The van der Waals surface area contributed by atoms with Gasteiger partial charge in [-0.2, -0.15) is 0 Å². The topological polar surface area (TPSA) is 54.8 Å². The van der Waals surface area contributed by atoms with E-state index in [0.717, 1.165) is 0 Å². The van der Waals surface area contributed by atoms with Gasteiger partial charge in [0.25, 0.3) is 5.56 Å². The standard InChI is InChI=1S/C19H24FN3O3/c1-19(2,3)26-18(25)23-9-7-22(8-10-23)16-12-17(24)21(4)15-6-5-13(20)11-14(15)16/h5-6,11-12H,7-10H2,1-4H3. The second kappa shape index (κ2) is 6.63. The average molecular weight is 361 g/mol. The van der Waals surface area contributed by atoms with E-state index in [1.54, 1.807) is 18.0 Å². The van der Waals surface area contributed by atoms with E-state index < -0.39 is 5.60 Å². The third kappa shape index (κ3) is 3.66. The lowest BCUT2D eigenvalue weighted by atomic mass is 10.1. The van der Waals surface area contributed by atoms with Crippen LogP contribution in [0.15, 0.2) is 29.1 Å². The normalized spacial score (nSPS) is 15.4. The Morgan fingerprint density at radius 3 is 2.38 bits per heavy atom. The van der Waals surface area contributed by atoms with Crippen LogP contribution in [0.4, 0.5) is 14.9 Å². The number of piperazine rings is 1. The van der Waals surface area contributed by atoms with Crippen molar-refractivity contribution in [2.45, 2.75) is 26.4 Å². The van der Waals surface area contributed by atoms with Crippen LogP contribution in [0.25, 0.3) is 10.9 Å². The number of carbonyl (C=O) groups is 1. The van der Waals surface area contributed by atoms with Gasteiger partial charge in [0, 0.05) is 44.7 Å². The second-order valence-corrected chi connectivity index (χ2v) is 7.54. The van der Waals surface area contributed by atoms with Crippen LogP contribution in [-0.4, -0.2) is 47.3 Å². The van der Waals surface area contributed by atoms with E-state index in [2.05, 4.69) is 0 Å². The smallest absolute Gasteiger partial charge is 0.410 e. The molecule has 0 aliphatic carbocycles. The number of amides is 1. The molecule has 3 rings (SSSR count). The van der Waals surface area contributed by atoms with Gasteiger partial charge in [-0.15, -0.1) is 0 Å². The molecule has 1 saturated heterocycles. The van der Waals surface area contributed by atoms with E-state index in [4.69, 9.17) is 4.74 Å². The predicted octanol–water partition coefficient (Wildman–Crippen LogP) is 2.73. The quantitative estimate of drug-likeness (QED) is 0.784. The molecule has 1 fully saturated rings. The van der Waals surface area contributed by atoms with Gasteiger partial charge in [-0.05, 0) is 39.0 Å². The number of hydrogen-bond acceptors (Lipinski definition) is 4. The lowest BCUT2D eigenvalue weighted by molar-refractivity contribution is 0.0240. The fourth-order valence-electron chi connectivity index (χ4n) is 3.13. The number of rotatable bonds is 1. The molecule has 0 radical (unpaired) electrons. The fourth-order valence-corrected chi connectivity index (χ4v) is 3.13. The van der Waals surface area contributed by atoms with E-state index in [9.17, 15) is 14.0 Å². The number of aromatic nitrogens is 1. The number of pyridine rings is 1. The summed E-state index contributed by atoms with van der Waals surface area (Å²) in [5.74, 6) is -0.343. The summed E-state index contributed by atoms with van der Waals surface area (Å²) in [5.41, 5.74) is 0.705. The molecular weight excluding hydrogens is 337 g/mol. The maximum atomic E-state index is 13.8. The third-order valence-corrected chi connectivity index (χ3v) is 4.46. The number of carbonyl (C=O) groups excluding carboxylic acids is 1. The van der Waals surface area contributed by atoms with Crippen LogP contribution in [0, 0.1) is 5.82 Å². The molecule has 26 heavy (non-hydrogen) atoms.